The van der Waals surface area contributed by atoms with Crippen molar-refractivity contribution in [2.75, 3.05) is 7.11 Å². The summed E-state index contributed by atoms with van der Waals surface area (Å²) in [7, 11) is 1.16. The van der Waals surface area contributed by atoms with Gasteiger partial charge in [-0.2, -0.15) is 13.2 Å². The highest BCUT2D eigenvalue weighted by Gasteiger charge is 2.38. The summed E-state index contributed by atoms with van der Waals surface area (Å²) in [5.74, 6) is -1.34. The lowest BCUT2D eigenvalue weighted by Crippen LogP contribution is -2.28. The van der Waals surface area contributed by atoms with Gasteiger partial charge in [0, 0.05) is 6.20 Å². The number of hydrogen-bond donors (Lipinski definition) is 1. The number of alkyl halides is 3. The average Bonchev–Trinajstić information content (AvgIpc) is 2.15. The van der Waals surface area contributed by atoms with E-state index in [2.05, 4.69) is 9.72 Å². The highest BCUT2D eigenvalue weighted by atomic mass is 19.4. The third-order valence-electron chi connectivity index (χ3n) is 1.73. The number of rotatable bonds is 2. The Labute approximate surface area is 82.9 Å². The summed E-state index contributed by atoms with van der Waals surface area (Å²) in [4.78, 5) is 3.35. The molecule has 0 fully saturated rings. The molecule has 84 valence electrons. The Balaban J connectivity index is 3.02. The second-order valence-electron chi connectivity index (χ2n) is 2.78. The van der Waals surface area contributed by atoms with Gasteiger partial charge in [-0.3, -0.25) is 0 Å². The average molecular weight is 224 g/mol. The normalized spacial score (nSPS) is 13.7. The molecule has 0 spiro atoms. The predicted octanol–water partition coefficient (Wildman–Crippen LogP) is 1.79. The molecule has 1 atom stereocenters. The maximum atomic E-state index is 13.0. The molecule has 1 unspecified atom stereocenters. The number of nitrogens with zero attached hydrogens (tertiary/aromatic N) is 1. The van der Waals surface area contributed by atoms with Crippen LogP contribution in [-0.2, 0) is 0 Å². The van der Waals surface area contributed by atoms with Crippen molar-refractivity contribution < 1.29 is 22.3 Å². The van der Waals surface area contributed by atoms with Gasteiger partial charge in [0.1, 0.15) is 6.04 Å². The molecule has 0 aliphatic heterocycles. The first-order valence-electron chi connectivity index (χ1n) is 3.88. The zero-order valence-corrected chi connectivity index (χ0v) is 7.68. The van der Waals surface area contributed by atoms with Crippen LogP contribution in [0.3, 0.4) is 0 Å². The van der Waals surface area contributed by atoms with Gasteiger partial charge in [-0.05, 0) is 11.6 Å². The lowest BCUT2D eigenvalue weighted by molar-refractivity contribution is -0.149. The summed E-state index contributed by atoms with van der Waals surface area (Å²) in [6, 6.07) is -1.59. The van der Waals surface area contributed by atoms with Gasteiger partial charge in [0.2, 0.25) is 5.88 Å². The molecule has 2 N–H and O–H groups in total. The van der Waals surface area contributed by atoms with Gasteiger partial charge in [-0.1, -0.05) is 0 Å². The Hall–Kier alpha value is -1.37. The molecule has 15 heavy (non-hydrogen) atoms. The molecule has 7 heteroatoms. The molecular weight excluding hydrogens is 216 g/mol. The van der Waals surface area contributed by atoms with Crippen LogP contribution in [0.15, 0.2) is 12.3 Å². The van der Waals surface area contributed by atoms with Gasteiger partial charge in [0.15, 0.2) is 5.82 Å². The molecule has 0 bridgehead atoms. The minimum atomic E-state index is -4.62. The van der Waals surface area contributed by atoms with E-state index in [1.165, 1.54) is 0 Å². The fourth-order valence-corrected chi connectivity index (χ4v) is 0.949. The Morgan fingerprint density at radius 2 is 2.07 bits per heavy atom. The van der Waals surface area contributed by atoms with Crippen LogP contribution in [-0.4, -0.2) is 18.3 Å². The maximum Gasteiger partial charge on any atom is 0.407 e. The smallest absolute Gasteiger partial charge is 0.407 e. The van der Waals surface area contributed by atoms with Crippen LogP contribution in [0, 0.1) is 5.82 Å². The van der Waals surface area contributed by atoms with Gasteiger partial charge < -0.3 is 10.5 Å². The van der Waals surface area contributed by atoms with Gasteiger partial charge >= 0.3 is 6.18 Å². The van der Waals surface area contributed by atoms with Crippen molar-refractivity contribution in [1.82, 2.24) is 4.98 Å². The zero-order chi connectivity index (χ0) is 11.6. The molecule has 0 amide bonds. The number of ether oxygens (including phenoxy) is 1. The van der Waals surface area contributed by atoms with Crippen LogP contribution in [0.4, 0.5) is 17.6 Å². The molecule has 3 nitrogen and oxygen atoms in total. The summed E-state index contributed by atoms with van der Waals surface area (Å²) in [6.07, 6.45) is -3.79. The van der Waals surface area contributed by atoms with Gasteiger partial charge in [0.05, 0.1) is 7.11 Å². The minimum Gasteiger partial charge on any atom is -0.479 e. The Bertz CT molecular complexity index is 353. The molecule has 1 aromatic heterocycles. The standard InChI is InChI=1S/C8H8F4N2O/c1-15-7-5(9)2-4(3-14-7)6(13)8(10,11)12/h2-3,6H,13H2,1H3. The summed E-state index contributed by atoms with van der Waals surface area (Å²) in [5.41, 5.74) is 4.42. The first-order valence-corrected chi connectivity index (χ1v) is 3.88. The van der Waals surface area contributed by atoms with Crippen molar-refractivity contribution in [1.29, 1.82) is 0 Å². The van der Waals surface area contributed by atoms with Crippen LogP contribution in [0.5, 0.6) is 5.88 Å². The Morgan fingerprint density at radius 1 is 1.47 bits per heavy atom. The molecule has 0 aliphatic rings. The molecule has 1 heterocycles. The second kappa shape index (κ2) is 4.01. The topological polar surface area (TPSA) is 48.1 Å². The first-order chi connectivity index (χ1) is 6.86. The van der Waals surface area contributed by atoms with E-state index in [4.69, 9.17) is 5.73 Å². The van der Waals surface area contributed by atoms with E-state index in [9.17, 15) is 17.6 Å². The van der Waals surface area contributed by atoms with E-state index >= 15 is 0 Å². The molecular formula is C8H8F4N2O. The Kier molecular flexibility index (Phi) is 3.13. The number of methoxy groups -OCH3 is 1. The summed E-state index contributed by atoms with van der Waals surface area (Å²) < 4.78 is 53.9. The minimum absolute atomic E-state index is 0.367. The van der Waals surface area contributed by atoms with E-state index in [0.717, 1.165) is 13.3 Å². The highest BCUT2D eigenvalue weighted by Crippen LogP contribution is 2.31. The number of halogens is 4. The molecule has 1 rings (SSSR count). The van der Waals surface area contributed by atoms with Crippen LogP contribution >= 0.6 is 0 Å². The summed E-state index contributed by atoms with van der Waals surface area (Å²) >= 11 is 0. The molecule has 0 saturated carbocycles. The van der Waals surface area contributed by atoms with Gasteiger partial charge in [0.25, 0.3) is 0 Å². The van der Waals surface area contributed by atoms with Crippen LogP contribution in [0.2, 0.25) is 0 Å². The number of hydrogen-bond acceptors (Lipinski definition) is 3. The van der Waals surface area contributed by atoms with Gasteiger partial charge in [-0.25, -0.2) is 9.37 Å². The van der Waals surface area contributed by atoms with Crippen molar-refractivity contribution in [2.24, 2.45) is 5.73 Å². The third kappa shape index (κ3) is 2.56. The third-order valence-corrected chi connectivity index (χ3v) is 1.73. The van der Waals surface area contributed by atoms with E-state index in [1.807, 2.05) is 0 Å². The maximum absolute atomic E-state index is 13.0. The quantitative estimate of drug-likeness (QED) is 0.779. The largest absolute Gasteiger partial charge is 0.479 e. The van der Waals surface area contributed by atoms with Gasteiger partial charge in [-0.15, -0.1) is 0 Å². The Morgan fingerprint density at radius 3 is 2.47 bits per heavy atom. The number of nitrogens with two attached hydrogens (primary N) is 1. The number of aromatic nitrogens is 1. The fourth-order valence-electron chi connectivity index (χ4n) is 0.949. The lowest BCUT2D eigenvalue weighted by Gasteiger charge is -2.15. The van der Waals surface area contributed by atoms with Crippen LogP contribution in [0.25, 0.3) is 0 Å². The van der Waals surface area contributed by atoms with Crippen molar-refractivity contribution in [3.63, 3.8) is 0 Å². The van der Waals surface area contributed by atoms with Crippen molar-refractivity contribution in [3.8, 4) is 5.88 Å². The monoisotopic (exact) mass is 224 g/mol. The fraction of sp³-hybridized carbons (Fsp3) is 0.375. The van der Waals surface area contributed by atoms with Crippen molar-refractivity contribution in [2.45, 2.75) is 12.2 Å². The summed E-state index contributed by atoms with van der Waals surface area (Å²) in [6.45, 7) is 0. The number of pyridine rings is 1. The first kappa shape index (κ1) is 11.7. The summed E-state index contributed by atoms with van der Waals surface area (Å²) in [5, 5.41) is 0. The lowest BCUT2D eigenvalue weighted by atomic mass is 10.1. The van der Waals surface area contributed by atoms with Crippen molar-refractivity contribution >= 4 is 0 Å². The van der Waals surface area contributed by atoms with E-state index in [-0.39, 0.29) is 5.88 Å². The van der Waals surface area contributed by atoms with Crippen LogP contribution < -0.4 is 10.5 Å². The predicted molar refractivity (Wildman–Crippen MR) is 43.7 cm³/mol. The van der Waals surface area contributed by atoms with E-state index < -0.39 is 23.6 Å². The molecule has 0 radical (unpaired) electrons. The van der Waals surface area contributed by atoms with Crippen molar-refractivity contribution in [3.05, 3.63) is 23.6 Å². The van der Waals surface area contributed by atoms with E-state index in [1.54, 1.807) is 0 Å². The molecule has 0 aliphatic carbocycles. The SMILES string of the molecule is COc1ncc(C(N)C(F)(F)F)cc1F. The second-order valence-corrected chi connectivity index (χ2v) is 2.78. The van der Waals surface area contributed by atoms with Crippen LogP contribution in [0.1, 0.15) is 11.6 Å². The zero-order valence-electron chi connectivity index (χ0n) is 7.68. The van der Waals surface area contributed by atoms with E-state index in [0.29, 0.717) is 6.07 Å². The molecule has 0 aromatic carbocycles. The molecule has 1 aromatic rings. The molecule has 0 saturated heterocycles. The highest BCUT2D eigenvalue weighted by molar-refractivity contribution is 5.23.